The molecule has 0 spiro atoms. The third-order valence-electron chi connectivity index (χ3n) is 5.24. The molecular formula is C21H26N2O4. The Kier molecular flexibility index (Phi) is 5.54. The summed E-state index contributed by atoms with van der Waals surface area (Å²) in [5.74, 6) is 1.15. The number of H-pyrrole nitrogens is 1. The largest absolute Gasteiger partial charge is 0.497 e. The molecule has 0 radical (unpaired) electrons. The second-order valence-electron chi connectivity index (χ2n) is 6.79. The Morgan fingerprint density at radius 2 is 2.04 bits per heavy atom. The Balaban J connectivity index is 1.97. The van der Waals surface area contributed by atoms with Gasteiger partial charge in [-0.3, -0.25) is 9.59 Å². The molecule has 0 bridgehead atoms. The quantitative estimate of drug-likeness (QED) is 0.877. The first-order valence-electron chi connectivity index (χ1n) is 9.25. The van der Waals surface area contributed by atoms with Crippen molar-refractivity contribution in [2.24, 2.45) is 0 Å². The summed E-state index contributed by atoms with van der Waals surface area (Å²) >= 11 is 0. The Hall–Kier alpha value is -2.76. The lowest BCUT2D eigenvalue weighted by molar-refractivity contribution is 0.0732. The van der Waals surface area contributed by atoms with Gasteiger partial charge in [-0.1, -0.05) is 6.92 Å². The van der Waals surface area contributed by atoms with E-state index in [1.165, 1.54) is 0 Å². The lowest BCUT2D eigenvalue weighted by Crippen LogP contribution is -2.35. The number of nitrogens with one attached hydrogen (secondary N) is 1. The fourth-order valence-corrected chi connectivity index (χ4v) is 3.78. The summed E-state index contributed by atoms with van der Waals surface area (Å²) in [6.07, 6.45) is 2.44. The number of carbonyl (C=O) groups excluding carboxylic acids is 1. The van der Waals surface area contributed by atoms with Crippen molar-refractivity contribution in [2.75, 3.05) is 20.8 Å². The van der Waals surface area contributed by atoms with E-state index in [1.807, 2.05) is 32.0 Å². The summed E-state index contributed by atoms with van der Waals surface area (Å²) < 4.78 is 10.8. The van der Waals surface area contributed by atoms with E-state index in [2.05, 4.69) is 4.98 Å². The first-order valence-corrected chi connectivity index (χ1v) is 9.25. The second-order valence-corrected chi connectivity index (χ2v) is 6.79. The van der Waals surface area contributed by atoms with Gasteiger partial charge < -0.3 is 19.4 Å². The van der Waals surface area contributed by atoms with Gasteiger partial charge in [0.05, 0.1) is 20.3 Å². The van der Waals surface area contributed by atoms with Gasteiger partial charge in [0.15, 0.2) is 0 Å². The van der Waals surface area contributed by atoms with Crippen molar-refractivity contribution >= 4 is 5.91 Å². The number of benzene rings is 1. The molecule has 1 aliphatic heterocycles. The van der Waals surface area contributed by atoms with Gasteiger partial charge in [0.1, 0.15) is 17.1 Å². The number of methoxy groups -OCH3 is 2. The van der Waals surface area contributed by atoms with Gasteiger partial charge >= 0.3 is 0 Å². The number of aryl methyl sites for hydroxylation is 2. The van der Waals surface area contributed by atoms with Crippen molar-refractivity contribution in [1.82, 2.24) is 9.88 Å². The van der Waals surface area contributed by atoms with Gasteiger partial charge in [0.2, 0.25) is 0 Å². The lowest BCUT2D eigenvalue weighted by atomic mass is 10.0. The molecular weight excluding hydrogens is 344 g/mol. The molecule has 1 aliphatic rings. The number of ether oxygens (including phenoxy) is 2. The van der Waals surface area contributed by atoms with Gasteiger partial charge in [0, 0.05) is 23.9 Å². The zero-order valence-corrected chi connectivity index (χ0v) is 16.3. The SMILES string of the molecule is CCc1[nH]c(=O)c(C(=O)N2CCCC2c2ccc(OC)cc2OC)cc1C. The highest BCUT2D eigenvalue weighted by Crippen LogP contribution is 2.39. The van der Waals surface area contributed by atoms with Crippen LogP contribution in [0, 0.1) is 6.92 Å². The van der Waals surface area contributed by atoms with E-state index in [9.17, 15) is 9.59 Å². The molecule has 2 aromatic rings. The number of carbonyl (C=O) groups is 1. The molecule has 0 aliphatic carbocycles. The maximum absolute atomic E-state index is 13.2. The van der Waals surface area contributed by atoms with E-state index in [4.69, 9.17) is 9.47 Å². The predicted octanol–water partition coefficient (Wildman–Crippen LogP) is 3.24. The van der Waals surface area contributed by atoms with Crippen molar-refractivity contribution in [3.63, 3.8) is 0 Å². The molecule has 1 amide bonds. The predicted molar refractivity (Wildman–Crippen MR) is 104 cm³/mol. The number of pyridine rings is 1. The van der Waals surface area contributed by atoms with Gasteiger partial charge in [-0.25, -0.2) is 0 Å². The minimum absolute atomic E-state index is 0.121. The molecule has 1 saturated heterocycles. The summed E-state index contributed by atoms with van der Waals surface area (Å²) in [5, 5.41) is 0. The van der Waals surface area contributed by atoms with Crippen molar-refractivity contribution in [1.29, 1.82) is 0 Å². The molecule has 3 rings (SSSR count). The van der Waals surface area contributed by atoms with Crippen molar-refractivity contribution in [3.8, 4) is 11.5 Å². The summed E-state index contributed by atoms with van der Waals surface area (Å²) in [6.45, 7) is 4.51. The minimum Gasteiger partial charge on any atom is -0.497 e. The number of amides is 1. The zero-order chi connectivity index (χ0) is 19.6. The third-order valence-corrected chi connectivity index (χ3v) is 5.24. The van der Waals surface area contributed by atoms with Crippen LogP contribution < -0.4 is 15.0 Å². The maximum Gasteiger partial charge on any atom is 0.261 e. The van der Waals surface area contributed by atoms with Crippen LogP contribution in [-0.2, 0) is 6.42 Å². The van der Waals surface area contributed by atoms with Crippen LogP contribution in [0.3, 0.4) is 0 Å². The van der Waals surface area contributed by atoms with Crippen LogP contribution in [-0.4, -0.2) is 36.6 Å². The van der Waals surface area contributed by atoms with E-state index < -0.39 is 0 Å². The fourth-order valence-electron chi connectivity index (χ4n) is 3.78. The topological polar surface area (TPSA) is 71.6 Å². The summed E-state index contributed by atoms with van der Waals surface area (Å²) in [6, 6.07) is 7.21. The number of aromatic amines is 1. The monoisotopic (exact) mass is 370 g/mol. The standard InChI is InChI=1S/C21H26N2O4/c1-5-17-13(2)11-16(20(24)22-17)21(25)23-10-6-7-18(23)15-9-8-14(26-3)12-19(15)27-4/h8-9,11-12,18H,5-7,10H2,1-4H3,(H,22,24). The van der Waals surface area contributed by atoms with Gasteiger partial charge in [-0.2, -0.15) is 0 Å². The smallest absolute Gasteiger partial charge is 0.261 e. The fraction of sp³-hybridized carbons (Fsp3) is 0.429. The highest BCUT2D eigenvalue weighted by molar-refractivity contribution is 5.94. The van der Waals surface area contributed by atoms with Gasteiger partial charge in [-0.15, -0.1) is 0 Å². The van der Waals surface area contributed by atoms with Gasteiger partial charge in [-0.05, 0) is 49.9 Å². The number of likely N-dealkylation sites (tertiary alicyclic amines) is 1. The third kappa shape index (κ3) is 3.56. The van der Waals surface area contributed by atoms with Crippen molar-refractivity contribution in [2.45, 2.75) is 39.2 Å². The highest BCUT2D eigenvalue weighted by atomic mass is 16.5. The molecule has 0 saturated carbocycles. The first-order chi connectivity index (χ1) is 13.0. The molecule has 1 aromatic heterocycles. The molecule has 1 fully saturated rings. The normalized spacial score (nSPS) is 16.4. The van der Waals surface area contributed by atoms with Gasteiger partial charge in [0.25, 0.3) is 11.5 Å². The highest BCUT2D eigenvalue weighted by Gasteiger charge is 2.33. The van der Waals surface area contributed by atoms with Crippen LogP contribution >= 0.6 is 0 Å². The van der Waals surface area contributed by atoms with Crippen LogP contribution in [0.4, 0.5) is 0 Å². The Bertz CT molecular complexity index is 904. The lowest BCUT2D eigenvalue weighted by Gasteiger charge is -2.26. The molecule has 1 atom stereocenters. The molecule has 6 nitrogen and oxygen atoms in total. The molecule has 1 N–H and O–H groups in total. The number of nitrogens with zero attached hydrogens (tertiary/aromatic N) is 1. The molecule has 2 heterocycles. The number of hydrogen-bond donors (Lipinski definition) is 1. The molecule has 144 valence electrons. The van der Waals surface area contributed by atoms with Crippen LogP contribution in [0.1, 0.15) is 53.0 Å². The van der Waals surface area contributed by atoms with Crippen LogP contribution in [0.5, 0.6) is 11.5 Å². The van der Waals surface area contributed by atoms with Crippen LogP contribution in [0.15, 0.2) is 29.1 Å². The van der Waals surface area contributed by atoms with E-state index in [1.54, 1.807) is 25.2 Å². The Labute approximate surface area is 159 Å². The number of rotatable bonds is 5. The van der Waals surface area contributed by atoms with Crippen molar-refractivity contribution < 1.29 is 14.3 Å². The number of aromatic nitrogens is 1. The summed E-state index contributed by atoms with van der Waals surface area (Å²) in [7, 11) is 3.21. The molecule has 1 aromatic carbocycles. The van der Waals surface area contributed by atoms with Crippen LogP contribution in [0.25, 0.3) is 0 Å². The van der Waals surface area contributed by atoms with Crippen LogP contribution in [0.2, 0.25) is 0 Å². The van der Waals surface area contributed by atoms with E-state index in [0.29, 0.717) is 18.0 Å². The van der Waals surface area contributed by atoms with E-state index in [0.717, 1.165) is 36.1 Å². The maximum atomic E-state index is 13.2. The Morgan fingerprint density at radius 3 is 2.70 bits per heavy atom. The summed E-state index contributed by atoms with van der Waals surface area (Å²) in [4.78, 5) is 30.2. The summed E-state index contributed by atoms with van der Waals surface area (Å²) in [5.41, 5.74) is 2.60. The molecule has 6 heteroatoms. The minimum atomic E-state index is -0.324. The second kappa shape index (κ2) is 7.86. The average Bonchev–Trinajstić information content (AvgIpc) is 3.17. The first kappa shape index (κ1) is 19.0. The van der Waals surface area contributed by atoms with E-state index in [-0.39, 0.29) is 23.1 Å². The van der Waals surface area contributed by atoms with Crippen molar-refractivity contribution in [3.05, 3.63) is 57.0 Å². The zero-order valence-electron chi connectivity index (χ0n) is 16.3. The molecule has 1 unspecified atom stereocenters. The Morgan fingerprint density at radius 1 is 1.26 bits per heavy atom. The number of hydrogen-bond acceptors (Lipinski definition) is 4. The molecule has 27 heavy (non-hydrogen) atoms. The van der Waals surface area contributed by atoms with E-state index >= 15 is 0 Å². The average molecular weight is 370 g/mol.